The zero-order valence-corrected chi connectivity index (χ0v) is 48.3. The molecule has 0 bridgehead atoms. The van der Waals surface area contributed by atoms with Crippen LogP contribution in [0.3, 0.4) is 0 Å². The van der Waals surface area contributed by atoms with Gasteiger partial charge in [0.2, 0.25) is 59.1 Å². The molecule has 454 valence electrons. The summed E-state index contributed by atoms with van der Waals surface area (Å²) in [4.78, 5) is 150. The largest absolute Gasteiger partial charge is 0.508 e. The fraction of sp³-hybridized carbons (Fsp3) is 0.491. The highest BCUT2D eigenvalue weighted by atomic mass is 32.2. The topological polar surface area (TPSA) is 429 Å². The lowest BCUT2D eigenvalue weighted by molar-refractivity contribution is -0.144. The summed E-state index contributed by atoms with van der Waals surface area (Å²) >= 11 is 1.46. The smallest absolute Gasteiger partial charge is 0.326 e. The first-order valence-corrected chi connectivity index (χ1v) is 28.8. The molecular formula is C57H82N12O13S. The van der Waals surface area contributed by atoms with E-state index < -0.39 is 144 Å². The molecule has 3 rings (SSSR count). The first kappa shape index (κ1) is 69.2. The van der Waals surface area contributed by atoms with Gasteiger partial charge in [-0.2, -0.15) is 11.8 Å². The van der Waals surface area contributed by atoms with Crippen molar-refractivity contribution in [3.63, 3.8) is 0 Å². The maximum Gasteiger partial charge on any atom is 0.326 e. The molecule has 0 aliphatic carbocycles. The predicted molar refractivity (Wildman–Crippen MR) is 311 cm³/mol. The van der Waals surface area contributed by atoms with Gasteiger partial charge in [0.15, 0.2) is 0 Å². The molecule has 0 spiro atoms. The van der Waals surface area contributed by atoms with E-state index in [4.69, 9.17) is 22.9 Å². The molecule has 3 aromatic rings. The van der Waals surface area contributed by atoms with Gasteiger partial charge in [-0.3, -0.25) is 47.9 Å². The number of carboxylic acids is 1. The summed E-state index contributed by atoms with van der Waals surface area (Å²) < 4.78 is 0. The third-order valence-electron chi connectivity index (χ3n) is 13.5. The molecule has 0 saturated heterocycles. The summed E-state index contributed by atoms with van der Waals surface area (Å²) in [7, 11) is 0. The number of thioether (sulfide) groups is 1. The number of amides is 10. The van der Waals surface area contributed by atoms with Gasteiger partial charge >= 0.3 is 5.97 Å². The van der Waals surface area contributed by atoms with Crippen LogP contribution in [0.1, 0.15) is 89.3 Å². The number of benzene rings is 3. The molecule has 0 aromatic heterocycles. The summed E-state index contributed by atoms with van der Waals surface area (Å²) in [5.74, 6) is -11.3. The number of hydrogen-bond acceptors (Lipinski definition) is 15. The summed E-state index contributed by atoms with van der Waals surface area (Å²) in [5, 5.41) is 40.3. The molecule has 0 radical (unpaired) electrons. The number of hydrogen-bond donors (Lipinski definition) is 14. The third-order valence-corrected chi connectivity index (χ3v) is 14.1. The minimum Gasteiger partial charge on any atom is -0.508 e. The van der Waals surface area contributed by atoms with Gasteiger partial charge in [-0.1, -0.05) is 107 Å². The van der Waals surface area contributed by atoms with Gasteiger partial charge in [-0.25, -0.2) is 4.79 Å². The lowest BCUT2D eigenvalue weighted by Gasteiger charge is -2.29. The fourth-order valence-corrected chi connectivity index (χ4v) is 9.00. The first-order valence-electron chi connectivity index (χ1n) is 27.4. The van der Waals surface area contributed by atoms with Gasteiger partial charge < -0.3 is 75.7 Å². The molecule has 0 aliphatic rings. The van der Waals surface area contributed by atoms with Crippen molar-refractivity contribution in [2.75, 3.05) is 18.6 Å². The number of phenolic OH excluding ortho intramolecular Hbond substituents is 1. The van der Waals surface area contributed by atoms with E-state index in [1.54, 1.807) is 88.4 Å². The van der Waals surface area contributed by atoms with Gasteiger partial charge in [0.1, 0.15) is 54.1 Å². The Kier molecular flexibility index (Phi) is 29.7. The second-order valence-corrected chi connectivity index (χ2v) is 21.6. The van der Waals surface area contributed by atoms with Gasteiger partial charge in [0.05, 0.1) is 18.9 Å². The van der Waals surface area contributed by atoms with Crippen LogP contribution in [0.2, 0.25) is 0 Å². The van der Waals surface area contributed by atoms with Crippen molar-refractivity contribution >= 4 is 76.8 Å². The lowest BCUT2D eigenvalue weighted by Crippen LogP contribution is -2.62. The number of nitrogens with two attached hydrogens (primary N) is 4. The van der Waals surface area contributed by atoms with Gasteiger partial charge in [-0.15, -0.1) is 0 Å². The molecule has 25 nitrogen and oxygen atoms in total. The molecule has 3 aromatic carbocycles. The Labute approximate surface area is 487 Å². The van der Waals surface area contributed by atoms with Gasteiger partial charge in [0, 0.05) is 19.3 Å². The number of rotatable bonds is 37. The average Bonchev–Trinajstić information content (AvgIpc) is 3.46. The number of primary amides is 2. The van der Waals surface area contributed by atoms with Crippen molar-refractivity contribution in [3.05, 3.63) is 102 Å². The van der Waals surface area contributed by atoms with Crippen molar-refractivity contribution in [1.29, 1.82) is 0 Å². The van der Waals surface area contributed by atoms with Crippen LogP contribution in [0, 0.1) is 11.8 Å². The summed E-state index contributed by atoms with van der Waals surface area (Å²) in [6.07, 6.45) is 1.16. The summed E-state index contributed by atoms with van der Waals surface area (Å²) in [6, 6.07) is 9.87. The number of nitrogens with one attached hydrogen (secondary N) is 8. The molecule has 0 aliphatic heterocycles. The van der Waals surface area contributed by atoms with Crippen LogP contribution in [-0.4, -0.2) is 148 Å². The van der Waals surface area contributed by atoms with E-state index in [9.17, 15) is 63.0 Å². The van der Waals surface area contributed by atoms with Gasteiger partial charge in [0.25, 0.3) is 0 Å². The van der Waals surface area contributed by atoms with Crippen LogP contribution in [0.4, 0.5) is 0 Å². The first-order chi connectivity index (χ1) is 39.4. The van der Waals surface area contributed by atoms with Crippen molar-refractivity contribution in [3.8, 4) is 5.75 Å². The Balaban J connectivity index is 1.95. The number of carbonyl (C=O) groups is 11. The number of phenols is 1. The third kappa shape index (κ3) is 24.5. The van der Waals surface area contributed by atoms with Crippen molar-refractivity contribution in [2.24, 2.45) is 34.8 Å². The van der Waals surface area contributed by atoms with E-state index >= 15 is 0 Å². The zero-order chi connectivity index (χ0) is 61.8. The molecular weight excluding hydrogens is 1090 g/mol. The van der Waals surface area contributed by atoms with Crippen LogP contribution in [-0.2, 0) is 72.0 Å². The number of aliphatic carboxylic acids is 1. The van der Waals surface area contributed by atoms with Crippen LogP contribution >= 0.6 is 11.8 Å². The Bertz CT molecular complexity index is 2650. The number of carbonyl (C=O) groups excluding carboxylic acids is 10. The molecule has 0 saturated carbocycles. The number of carboxylic acid groups (broad SMARTS) is 1. The molecule has 18 N–H and O–H groups in total. The molecule has 0 unspecified atom stereocenters. The maximum atomic E-state index is 14.5. The summed E-state index contributed by atoms with van der Waals surface area (Å²) in [5.41, 5.74) is 24.7. The second-order valence-electron chi connectivity index (χ2n) is 20.6. The molecule has 0 heterocycles. The summed E-state index contributed by atoms with van der Waals surface area (Å²) in [6.45, 7) is 6.73. The quantitative estimate of drug-likeness (QED) is 0.0309. The number of aromatic hydroxyl groups is 1. The highest BCUT2D eigenvalue weighted by Gasteiger charge is 2.37. The minimum absolute atomic E-state index is 0.0570. The Morgan fingerprint density at radius 1 is 0.494 bits per heavy atom. The number of unbranched alkanes of at least 4 members (excludes halogenated alkanes) is 1. The highest BCUT2D eigenvalue weighted by molar-refractivity contribution is 7.98. The molecule has 10 amide bonds. The SMILES string of the molecule is CC[C@H](C)[C@H](NC(=O)[C@H](Cc1ccccc1)NC(=O)[C@H](CC(N)=O)NC(=O)[C@@H](NC(=O)[C@H](Cc1ccccc1)NC(=O)[C@H](CCCCN)NC(=O)[C@H](CC(N)=O)NC(=O)[C@H](Cc1ccc(O)cc1)NC(=O)[C@@H](N)CCSC)C(C)C)C(=O)O. The molecule has 0 fully saturated rings. The normalized spacial score (nSPS) is 14.7. The lowest BCUT2D eigenvalue weighted by atomic mass is 9.98. The van der Waals surface area contributed by atoms with E-state index in [-0.39, 0.29) is 50.8 Å². The predicted octanol–water partition coefficient (Wildman–Crippen LogP) is -0.955. The van der Waals surface area contributed by atoms with Crippen LogP contribution in [0.15, 0.2) is 84.9 Å². The van der Waals surface area contributed by atoms with Crippen molar-refractivity contribution in [2.45, 2.75) is 146 Å². The Morgan fingerprint density at radius 2 is 0.880 bits per heavy atom. The van der Waals surface area contributed by atoms with Crippen molar-refractivity contribution in [1.82, 2.24) is 42.5 Å². The second kappa shape index (κ2) is 35.7. The highest BCUT2D eigenvalue weighted by Crippen LogP contribution is 2.15. The van der Waals surface area contributed by atoms with E-state index in [0.29, 0.717) is 35.3 Å². The van der Waals surface area contributed by atoms with Crippen LogP contribution < -0.4 is 65.5 Å². The standard InChI is InChI=1S/C57H82N12O13S/c1-6-33(4)48(57(81)82)69-55(79)42(28-35-17-11-8-12-18-35)65-53(77)44(31-46(61)72)67-56(80)47(32(2)3)68-54(78)41(27-34-15-9-7-10-16-34)64-50(74)39(19-13-14-25-58)62-52(76)43(30-45(60)71)66-51(75)40(29-36-20-22-37(70)23-21-36)63-49(73)38(59)24-26-83-5/h7-12,15-18,20-23,32-33,38-44,47-48,70H,6,13-14,19,24-31,58-59H2,1-5H3,(H2,60,71)(H2,61,72)(H,62,76)(H,63,73)(H,64,74)(H,65,77)(H,66,75)(H,67,80)(H,68,78)(H,69,79)(H,81,82)/t33-,38-,39-,40-,41-,42-,43-,44-,47-,48-/m0/s1. The average molecular weight is 1180 g/mol. The monoisotopic (exact) mass is 1170 g/mol. The minimum atomic E-state index is -1.72. The molecule has 83 heavy (non-hydrogen) atoms. The maximum absolute atomic E-state index is 14.5. The Hall–Kier alpha value is -8.10. The van der Waals surface area contributed by atoms with E-state index in [1.165, 1.54) is 36.0 Å². The van der Waals surface area contributed by atoms with Crippen LogP contribution in [0.25, 0.3) is 0 Å². The van der Waals surface area contributed by atoms with Crippen LogP contribution in [0.5, 0.6) is 5.75 Å². The van der Waals surface area contributed by atoms with Gasteiger partial charge in [-0.05, 0) is 84.9 Å². The van der Waals surface area contributed by atoms with E-state index in [0.717, 1.165) is 0 Å². The van der Waals surface area contributed by atoms with E-state index in [2.05, 4.69) is 42.5 Å². The van der Waals surface area contributed by atoms with E-state index in [1.807, 2.05) is 6.26 Å². The zero-order valence-electron chi connectivity index (χ0n) is 47.5. The molecule has 26 heteroatoms. The van der Waals surface area contributed by atoms with Crippen molar-refractivity contribution < 1.29 is 63.0 Å². The molecule has 10 atom stereocenters. The Morgan fingerprint density at radius 3 is 1.30 bits per heavy atom. The fourth-order valence-electron chi connectivity index (χ4n) is 8.51.